The van der Waals surface area contributed by atoms with Gasteiger partial charge in [-0.25, -0.2) is 4.68 Å². The van der Waals surface area contributed by atoms with E-state index in [-0.39, 0.29) is 17.5 Å². The average molecular weight is 509 g/mol. The SMILES string of the molecule is COc1ccc(-c2nn(-c3ccccc3)cc2/C=C2/C(=O)N(C3CCCC3)C(=O)C(C#N)=C2C)cc1OC. The normalized spacial score (nSPS) is 17.3. The Bertz CT molecular complexity index is 1500. The molecule has 0 radical (unpaired) electrons. The van der Waals surface area contributed by atoms with Crippen molar-refractivity contribution in [1.82, 2.24) is 14.7 Å². The Hall–Kier alpha value is -4.64. The highest BCUT2D eigenvalue weighted by Gasteiger charge is 2.40. The van der Waals surface area contributed by atoms with Crippen molar-refractivity contribution >= 4 is 17.9 Å². The summed E-state index contributed by atoms with van der Waals surface area (Å²) in [4.78, 5) is 28.2. The molecular formula is C30H28N4O4. The van der Waals surface area contributed by atoms with Gasteiger partial charge in [0.05, 0.1) is 19.9 Å². The molecule has 1 aromatic heterocycles. The molecular weight excluding hydrogens is 480 g/mol. The van der Waals surface area contributed by atoms with Crippen molar-refractivity contribution in [3.8, 4) is 34.5 Å². The fourth-order valence-electron chi connectivity index (χ4n) is 5.16. The summed E-state index contributed by atoms with van der Waals surface area (Å²) in [6, 6.07) is 17.0. The number of nitriles is 1. The predicted molar refractivity (Wildman–Crippen MR) is 143 cm³/mol. The first-order valence-electron chi connectivity index (χ1n) is 12.5. The maximum absolute atomic E-state index is 13.7. The third kappa shape index (κ3) is 4.37. The molecule has 3 aromatic rings. The smallest absolute Gasteiger partial charge is 0.271 e. The fraction of sp³-hybridized carbons (Fsp3) is 0.267. The van der Waals surface area contributed by atoms with Crippen molar-refractivity contribution < 1.29 is 19.1 Å². The van der Waals surface area contributed by atoms with Crippen LogP contribution in [0.3, 0.4) is 0 Å². The number of nitrogens with zero attached hydrogens (tertiary/aromatic N) is 4. The molecule has 8 nitrogen and oxygen atoms in total. The summed E-state index contributed by atoms with van der Waals surface area (Å²) in [5, 5.41) is 14.7. The summed E-state index contributed by atoms with van der Waals surface area (Å²) in [5.41, 5.74) is 3.60. The minimum atomic E-state index is -0.501. The lowest BCUT2D eigenvalue weighted by Crippen LogP contribution is -2.47. The van der Waals surface area contributed by atoms with Crippen molar-refractivity contribution in [3.63, 3.8) is 0 Å². The monoisotopic (exact) mass is 508 g/mol. The predicted octanol–water partition coefficient (Wildman–Crippen LogP) is 5.09. The first-order valence-corrected chi connectivity index (χ1v) is 12.5. The quantitative estimate of drug-likeness (QED) is 0.340. The van der Waals surface area contributed by atoms with Gasteiger partial charge in [0.15, 0.2) is 11.5 Å². The van der Waals surface area contributed by atoms with Gasteiger partial charge >= 0.3 is 0 Å². The van der Waals surface area contributed by atoms with Gasteiger partial charge in [-0.3, -0.25) is 14.5 Å². The third-order valence-corrected chi connectivity index (χ3v) is 7.18. The molecule has 0 bridgehead atoms. The molecule has 0 spiro atoms. The van der Waals surface area contributed by atoms with Crippen molar-refractivity contribution in [3.05, 3.63) is 77.0 Å². The molecule has 2 heterocycles. The molecule has 1 aliphatic carbocycles. The van der Waals surface area contributed by atoms with Gasteiger partial charge in [-0.05, 0) is 61.7 Å². The van der Waals surface area contributed by atoms with Crippen LogP contribution >= 0.6 is 0 Å². The van der Waals surface area contributed by atoms with Gasteiger partial charge < -0.3 is 9.47 Å². The van der Waals surface area contributed by atoms with Gasteiger partial charge in [0.1, 0.15) is 17.3 Å². The molecule has 0 atom stereocenters. The highest BCUT2D eigenvalue weighted by Crippen LogP contribution is 2.37. The van der Waals surface area contributed by atoms with Gasteiger partial charge in [0.2, 0.25) is 0 Å². The van der Waals surface area contributed by atoms with E-state index in [0.29, 0.717) is 33.9 Å². The second-order valence-corrected chi connectivity index (χ2v) is 9.37. The minimum absolute atomic E-state index is 0.00543. The zero-order chi connectivity index (χ0) is 26.8. The number of hydrogen-bond acceptors (Lipinski definition) is 6. The van der Waals surface area contributed by atoms with Crippen molar-refractivity contribution in [2.75, 3.05) is 14.2 Å². The molecule has 0 unspecified atom stereocenters. The largest absolute Gasteiger partial charge is 0.493 e. The Morgan fingerprint density at radius 1 is 1.00 bits per heavy atom. The number of imide groups is 1. The van der Waals surface area contributed by atoms with Gasteiger partial charge in [0.25, 0.3) is 11.8 Å². The number of carbonyl (C=O) groups is 2. The number of hydrogen-bond donors (Lipinski definition) is 0. The van der Waals surface area contributed by atoms with Crippen LogP contribution in [0, 0.1) is 11.3 Å². The Morgan fingerprint density at radius 2 is 1.71 bits per heavy atom. The summed E-state index contributed by atoms with van der Waals surface area (Å²) in [6.07, 6.45) is 7.01. The van der Waals surface area contributed by atoms with Crippen LogP contribution in [0.5, 0.6) is 11.5 Å². The molecule has 5 rings (SSSR count). The molecule has 0 N–H and O–H groups in total. The number of para-hydroxylation sites is 1. The van der Waals surface area contributed by atoms with Crippen LogP contribution < -0.4 is 9.47 Å². The number of amides is 2. The average Bonchev–Trinajstić information content (AvgIpc) is 3.62. The highest BCUT2D eigenvalue weighted by atomic mass is 16.5. The Labute approximate surface area is 221 Å². The summed E-state index contributed by atoms with van der Waals surface area (Å²) < 4.78 is 12.6. The lowest BCUT2D eigenvalue weighted by atomic mass is 9.92. The van der Waals surface area contributed by atoms with Crippen molar-refractivity contribution in [2.45, 2.75) is 38.6 Å². The van der Waals surface area contributed by atoms with Gasteiger partial charge in [-0.15, -0.1) is 0 Å². The lowest BCUT2D eigenvalue weighted by molar-refractivity contribution is -0.143. The standard InChI is InChI=1S/C30H28N4O4/c1-19-24(29(35)34(23-11-7-8-12-23)30(36)25(19)17-31)15-21-18-33(22-9-5-4-6-10-22)32-28(21)20-13-14-26(37-2)27(16-20)38-3/h4-6,9-10,13-16,18,23H,7-8,11-12H2,1-3H3/b24-15+. The molecule has 1 saturated carbocycles. The zero-order valence-corrected chi connectivity index (χ0v) is 21.6. The molecule has 38 heavy (non-hydrogen) atoms. The van der Waals surface area contributed by atoms with Gasteiger partial charge in [0, 0.05) is 28.9 Å². The molecule has 192 valence electrons. The number of carbonyl (C=O) groups excluding carboxylic acids is 2. The zero-order valence-electron chi connectivity index (χ0n) is 21.6. The van der Waals surface area contributed by atoms with Crippen molar-refractivity contribution in [1.29, 1.82) is 5.26 Å². The van der Waals surface area contributed by atoms with Crippen LogP contribution in [-0.4, -0.2) is 46.8 Å². The number of methoxy groups -OCH3 is 2. The van der Waals surface area contributed by atoms with E-state index in [1.165, 1.54) is 4.90 Å². The van der Waals surface area contributed by atoms with E-state index in [1.807, 2.05) is 54.7 Å². The number of ether oxygens (including phenoxy) is 2. The van der Waals surface area contributed by atoms with E-state index in [0.717, 1.165) is 36.9 Å². The number of aromatic nitrogens is 2. The number of benzene rings is 2. The van der Waals surface area contributed by atoms with Crippen LogP contribution in [-0.2, 0) is 9.59 Å². The van der Waals surface area contributed by atoms with E-state index in [4.69, 9.17) is 14.6 Å². The molecule has 8 heteroatoms. The van der Waals surface area contributed by atoms with Crippen LogP contribution in [0.2, 0.25) is 0 Å². The second kappa shape index (κ2) is 10.4. The van der Waals surface area contributed by atoms with E-state index < -0.39 is 5.91 Å². The minimum Gasteiger partial charge on any atom is -0.493 e. The molecule has 2 aliphatic rings. The van der Waals surface area contributed by atoms with E-state index >= 15 is 0 Å². The number of rotatable bonds is 6. The summed E-state index contributed by atoms with van der Waals surface area (Å²) in [5.74, 6) is 0.264. The topological polar surface area (TPSA) is 97.5 Å². The lowest BCUT2D eigenvalue weighted by Gasteiger charge is -2.32. The summed E-state index contributed by atoms with van der Waals surface area (Å²) in [7, 11) is 3.14. The first-order chi connectivity index (χ1) is 18.5. The van der Waals surface area contributed by atoms with Crippen LogP contribution in [0.4, 0.5) is 0 Å². The second-order valence-electron chi connectivity index (χ2n) is 9.37. The molecule has 2 aromatic carbocycles. The van der Waals surface area contributed by atoms with Crippen LogP contribution in [0.1, 0.15) is 38.2 Å². The maximum atomic E-state index is 13.7. The van der Waals surface area contributed by atoms with E-state index in [2.05, 4.69) is 0 Å². The van der Waals surface area contributed by atoms with Gasteiger partial charge in [-0.2, -0.15) is 10.4 Å². The van der Waals surface area contributed by atoms with Gasteiger partial charge in [-0.1, -0.05) is 31.0 Å². The Balaban J connectivity index is 1.69. The third-order valence-electron chi connectivity index (χ3n) is 7.18. The summed E-state index contributed by atoms with van der Waals surface area (Å²) in [6.45, 7) is 1.66. The van der Waals surface area contributed by atoms with Crippen LogP contribution in [0.15, 0.2) is 71.4 Å². The molecule has 1 fully saturated rings. The maximum Gasteiger partial charge on any atom is 0.271 e. The van der Waals surface area contributed by atoms with E-state index in [1.54, 1.807) is 38.0 Å². The van der Waals surface area contributed by atoms with E-state index in [9.17, 15) is 14.9 Å². The first kappa shape index (κ1) is 25.0. The van der Waals surface area contributed by atoms with Crippen molar-refractivity contribution in [2.24, 2.45) is 0 Å². The summed E-state index contributed by atoms with van der Waals surface area (Å²) >= 11 is 0. The highest BCUT2D eigenvalue weighted by molar-refractivity contribution is 6.20. The Kier molecular flexibility index (Phi) is 6.84. The van der Waals surface area contributed by atoms with Crippen LogP contribution in [0.25, 0.3) is 23.0 Å². The Morgan fingerprint density at radius 3 is 2.37 bits per heavy atom. The molecule has 0 saturated heterocycles. The molecule has 2 amide bonds. The fourth-order valence-corrected chi connectivity index (χ4v) is 5.16. The molecule has 1 aliphatic heterocycles.